The third kappa shape index (κ3) is 3.24. The zero-order chi connectivity index (χ0) is 14.8. The molecule has 1 atom stereocenters. The maximum absolute atomic E-state index is 12.0. The van der Waals surface area contributed by atoms with Crippen molar-refractivity contribution in [3.63, 3.8) is 0 Å². The summed E-state index contributed by atoms with van der Waals surface area (Å²) < 4.78 is 1.91. The fourth-order valence-corrected chi connectivity index (χ4v) is 3.68. The van der Waals surface area contributed by atoms with Crippen LogP contribution in [0.25, 0.3) is 0 Å². The van der Waals surface area contributed by atoms with Gasteiger partial charge in [-0.1, -0.05) is 0 Å². The first-order chi connectivity index (χ1) is 9.43. The molecule has 0 aliphatic carbocycles. The van der Waals surface area contributed by atoms with Gasteiger partial charge in [0.15, 0.2) is 0 Å². The highest BCUT2D eigenvalue weighted by Gasteiger charge is 2.43. The van der Waals surface area contributed by atoms with E-state index in [1.54, 1.807) is 6.07 Å². The number of hydrogen-bond donors (Lipinski definition) is 2. The van der Waals surface area contributed by atoms with Crippen molar-refractivity contribution in [1.29, 1.82) is 0 Å². The van der Waals surface area contributed by atoms with Gasteiger partial charge in [0, 0.05) is 22.5 Å². The van der Waals surface area contributed by atoms with Crippen molar-refractivity contribution in [2.45, 2.75) is 18.5 Å². The Balaban J connectivity index is 2.11. The molecule has 0 unspecified atom stereocenters. The van der Waals surface area contributed by atoms with Crippen molar-refractivity contribution in [3.8, 4) is 0 Å². The molecule has 2 N–H and O–H groups in total. The number of carbonyl (C=O) groups is 2. The molecule has 1 fully saturated rings. The average Bonchev–Trinajstić information content (AvgIpc) is 2.83. The van der Waals surface area contributed by atoms with E-state index in [1.807, 2.05) is 0 Å². The summed E-state index contributed by atoms with van der Waals surface area (Å²) in [6.07, 6.45) is 1.89. The number of hydrogen-bond acceptors (Lipinski definition) is 4. The Bertz CT molecular complexity index is 595. The van der Waals surface area contributed by atoms with Gasteiger partial charge >= 0.3 is 5.97 Å². The number of thioether (sulfide) groups is 1. The summed E-state index contributed by atoms with van der Waals surface area (Å²) >= 11 is 4.71. The quantitative estimate of drug-likeness (QED) is 0.824. The average molecular weight is 361 g/mol. The molecule has 1 aliphatic rings. The van der Waals surface area contributed by atoms with Gasteiger partial charge in [-0.3, -0.25) is 9.59 Å². The first-order valence-corrected chi connectivity index (χ1v) is 7.86. The van der Waals surface area contributed by atoms with Crippen LogP contribution >= 0.6 is 27.7 Å². The highest BCUT2D eigenvalue weighted by atomic mass is 79.9. The SMILES string of the molecule is O=C(Cn1cc(Br)ccc1=O)N[C@@]1(C(=O)O)CCSC1. The lowest BCUT2D eigenvalue weighted by molar-refractivity contribution is -0.146. The van der Waals surface area contributed by atoms with Gasteiger partial charge in [0.25, 0.3) is 5.56 Å². The molecule has 20 heavy (non-hydrogen) atoms. The number of amides is 1. The molecule has 1 aromatic heterocycles. The Morgan fingerprint density at radius 1 is 1.50 bits per heavy atom. The third-order valence-corrected chi connectivity index (χ3v) is 4.73. The van der Waals surface area contributed by atoms with Crippen LogP contribution in [0.5, 0.6) is 0 Å². The number of rotatable bonds is 4. The maximum atomic E-state index is 12.0. The van der Waals surface area contributed by atoms with Crippen LogP contribution in [0.15, 0.2) is 27.6 Å². The molecular weight excluding hydrogens is 348 g/mol. The monoisotopic (exact) mass is 360 g/mol. The number of nitrogens with one attached hydrogen (secondary N) is 1. The van der Waals surface area contributed by atoms with Gasteiger partial charge in [-0.05, 0) is 34.2 Å². The molecule has 2 heterocycles. The van der Waals surface area contributed by atoms with E-state index >= 15 is 0 Å². The molecular formula is C12H13BrN2O4S. The summed E-state index contributed by atoms with van der Waals surface area (Å²) in [4.78, 5) is 34.9. The summed E-state index contributed by atoms with van der Waals surface area (Å²) in [6.45, 7) is -0.196. The summed E-state index contributed by atoms with van der Waals surface area (Å²) in [5.41, 5.74) is -1.52. The molecule has 6 nitrogen and oxygen atoms in total. The van der Waals surface area contributed by atoms with Crippen LogP contribution in [0.1, 0.15) is 6.42 Å². The second-order valence-corrected chi connectivity index (χ2v) is 6.57. The highest BCUT2D eigenvalue weighted by molar-refractivity contribution is 9.10. The van der Waals surface area contributed by atoms with Crippen molar-refractivity contribution >= 4 is 39.6 Å². The largest absolute Gasteiger partial charge is 0.479 e. The van der Waals surface area contributed by atoms with E-state index in [0.29, 0.717) is 22.4 Å². The summed E-state index contributed by atoms with van der Waals surface area (Å²) in [7, 11) is 0. The molecule has 1 amide bonds. The molecule has 0 bridgehead atoms. The van der Waals surface area contributed by atoms with E-state index in [1.165, 1.54) is 28.6 Å². The topological polar surface area (TPSA) is 88.4 Å². The first kappa shape index (κ1) is 15.1. The Kier molecular flexibility index (Phi) is 4.54. The maximum Gasteiger partial charge on any atom is 0.330 e. The number of carboxylic acid groups (broad SMARTS) is 1. The standard InChI is InChI=1S/C12H13BrN2O4S/c13-8-1-2-10(17)15(5-8)6-9(16)14-12(11(18)19)3-4-20-7-12/h1-2,5H,3-4,6-7H2,(H,14,16)(H,18,19)/t12-/m0/s1. The minimum absolute atomic E-state index is 0.196. The van der Waals surface area contributed by atoms with Crippen molar-refractivity contribution in [3.05, 3.63) is 33.2 Å². The van der Waals surface area contributed by atoms with E-state index in [0.717, 1.165) is 0 Å². The Morgan fingerprint density at radius 2 is 2.25 bits per heavy atom. The Labute approximate surface area is 127 Å². The van der Waals surface area contributed by atoms with Gasteiger partial charge in [-0.2, -0.15) is 11.8 Å². The number of nitrogens with zero attached hydrogens (tertiary/aromatic N) is 1. The number of aliphatic carboxylic acids is 1. The van der Waals surface area contributed by atoms with Gasteiger partial charge in [0.05, 0.1) is 0 Å². The molecule has 0 spiro atoms. The predicted molar refractivity (Wildman–Crippen MR) is 78.9 cm³/mol. The summed E-state index contributed by atoms with van der Waals surface area (Å²) in [6, 6.07) is 2.93. The normalized spacial score (nSPS) is 21.6. The first-order valence-electron chi connectivity index (χ1n) is 5.91. The van der Waals surface area contributed by atoms with E-state index in [9.17, 15) is 19.5 Å². The molecule has 1 saturated heterocycles. The van der Waals surface area contributed by atoms with Crippen molar-refractivity contribution < 1.29 is 14.7 Å². The van der Waals surface area contributed by atoms with Crippen LogP contribution in [0.2, 0.25) is 0 Å². The van der Waals surface area contributed by atoms with Gasteiger partial charge in [0.1, 0.15) is 12.1 Å². The smallest absolute Gasteiger partial charge is 0.330 e. The zero-order valence-electron chi connectivity index (χ0n) is 10.5. The minimum Gasteiger partial charge on any atom is -0.479 e. The molecule has 108 valence electrons. The van der Waals surface area contributed by atoms with Crippen LogP contribution in [0.4, 0.5) is 0 Å². The van der Waals surface area contributed by atoms with Gasteiger partial charge < -0.3 is 15.0 Å². The molecule has 1 aliphatic heterocycles. The molecule has 0 aromatic carbocycles. The molecule has 0 radical (unpaired) electrons. The zero-order valence-corrected chi connectivity index (χ0v) is 12.9. The number of halogens is 1. The lowest BCUT2D eigenvalue weighted by Gasteiger charge is -2.24. The fraction of sp³-hybridized carbons (Fsp3) is 0.417. The second kappa shape index (κ2) is 6.01. The van der Waals surface area contributed by atoms with Gasteiger partial charge in [-0.25, -0.2) is 4.79 Å². The number of pyridine rings is 1. The lowest BCUT2D eigenvalue weighted by atomic mass is 9.99. The molecule has 0 saturated carbocycles. The van der Waals surface area contributed by atoms with E-state index in [-0.39, 0.29) is 12.1 Å². The summed E-state index contributed by atoms with van der Waals surface area (Å²) in [5.74, 6) is -0.460. The fourth-order valence-electron chi connectivity index (χ4n) is 1.97. The van der Waals surface area contributed by atoms with E-state index in [2.05, 4.69) is 21.2 Å². The van der Waals surface area contributed by atoms with Crippen LogP contribution < -0.4 is 10.9 Å². The molecule has 2 rings (SSSR count). The minimum atomic E-state index is -1.21. The highest BCUT2D eigenvalue weighted by Crippen LogP contribution is 2.28. The number of carbonyl (C=O) groups excluding carboxylic acids is 1. The third-order valence-electron chi connectivity index (χ3n) is 3.07. The van der Waals surface area contributed by atoms with E-state index in [4.69, 9.17) is 0 Å². The van der Waals surface area contributed by atoms with E-state index < -0.39 is 17.4 Å². The summed E-state index contributed by atoms with van der Waals surface area (Å²) in [5, 5.41) is 11.8. The van der Waals surface area contributed by atoms with Crippen LogP contribution in [-0.4, -0.2) is 38.6 Å². The second-order valence-electron chi connectivity index (χ2n) is 4.55. The van der Waals surface area contributed by atoms with Crippen molar-refractivity contribution in [2.24, 2.45) is 0 Å². The molecule has 8 heteroatoms. The number of aromatic nitrogens is 1. The lowest BCUT2D eigenvalue weighted by Crippen LogP contribution is -2.55. The van der Waals surface area contributed by atoms with Crippen LogP contribution in [-0.2, 0) is 16.1 Å². The van der Waals surface area contributed by atoms with Crippen molar-refractivity contribution in [2.75, 3.05) is 11.5 Å². The Hall–Kier alpha value is -1.28. The predicted octanol–water partition coefficient (Wildman–Crippen LogP) is 0.687. The van der Waals surface area contributed by atoms with Crippen LogP contribution in [0.3, 0.4) is 0 Å². The van der Waals surface area contributed by atoms with Crippen LogP contribution in [0, 0.1) is 0 Å². The molecule has 1 aromatic rings. The van der Waals surface area contributed by atoms with Crippen molar-refractivity contribution in [1.82, 2.24) is 9.88 Å². The van der Waals surface area contributed by atoms with Gasteiger partial charge in [-0.15, -0.1) is 0 Å². The Morgan fingerprint density at radius 3 is 2.85 bits per heavy atom. The van der Waals surface area contributed by atoms with Gasteiger partial charge in [0.2, 0.25) is 5.91 Å². The number of carboxylic acids is 1.